The van der Waals surface area contributed by atoms with Gasteiger partial charge in [0.15, 0.2) is 0 Å². The Morgan fingerprint density at radius 1 is 1.50 bits per heavy atom. The molecule has 0 aromatic rings. The summed E-state index contributed by atoms with van der Waals surface area (Å²) in [7, 11) is 0. The fourth-order valence-electron chi connectivity index (χ4n) is 1.47. The average Bonchev–Trinajstić information content (AvgIpc) is 2.05. The minimum absolute atomic E-state index is 0.266. The number of aliphatic hydroxyl groups excluding tert-OH is 1. The fourth-order valence-corrected chi connectivity index (χ4v) is 1.47. The maximum Gasteiger partial charge on any atom is 0.0639 e. The molecule has 70 valence electrons. The Morgan fingerprint density at radius 3 is 2.50 bits per heavy atom. The summed E-state index contributed by atoms with van der Waals surface area (Å²) in [6.45, 7) is 4.29. The quantitative estimate of drug-likeness (QED) is 0.465. The van der Waals surface area contributed by atoms with Crippen molar-refractivity contribution in [2.75, 3.05) is 19.6 Å². The Morgan fingerprint density at radius 2 is 2.08 bits per heavy atom. The van der Waals surface area contributed by atoms with Crippen molar-refractivity contribution in [2.24, 2.45) is 5.16 Å². The van der Waals surface area contributed by atoms with E-state index in [1.165, 1.54) is 0 Å². The van der Waals surface area contributed by atoms with Crippen LogP contribution in [0, 0.1) is 0 Å². The van der Waals surface area contributed by atoms with E-state index in [-0.39, 0.29) is 6.10 Å². The standard InChI is InChI=1S/C8H16N2O2/c1-7(11)6-10-4-2-8(9-12)3-5-10/h7,11-12H,2-6H2,1H3. The second kappa shape index (κ2) is 4.42. The zero-order valence-corrected chi connectivity index (χ0v) is 7.40. The molecule has 0 spiro atoms. The summed E-state index contributed by atoms with van der Waals surface area (Å²) in [5, 5.41) is 20.8. The highest BCUT2D eigenvalue weighted by Gasteiger charge is 2.15. The largest absolute Gasteiger partial charge is 0.411 e. The summed E-state index contributed by atoms with van der Waals surface area (Å²) in [6.07, 6.45) is 1.38. The van der Waals surface area contributed by atoms with Crippen molar-refractivity contribution in [2.45, 2.75) is 25.9 Å². The molecule has 1 aliphatic heterocycles. The van der Waals surface area contributed by atoms with E-state index in [0.29, 0.717) is 0 Å². The number of aliphatic hydroxyl groups is 1. The van der Waals surface area contributed by atoms with Crippen molar-refractivity contribution < 1.29 is 10.3 Å². The highest BCUT2D eigenvalue weighted by Crippen LogP contribution is 2.07. The monoisotopic (exact) mass is 172 g/mol. The zero-order chi connectivity index (χ0) is 8.97. The molecule has 1 rings (SSSR count). The van der Waals surface area contributed by atoms with Crippen LogP contribution in [0.3, 0.4) is 0 Å². The summed E-state index contributed by atoms with van der Waals surface area (Å²) >= 11 is 0. The first-order valence-corrected chi connectivity index (χ1v) is 4.32. The molecular weight excluding hydrogens is 156 g/mol. The summed E-state index contributed by atoms with van der Waals surface area (Å²) in [6, 6.07) is 0. The van der Waals surface area contributed by atoms with Crippen LogP contribution in [0.5, 0.6) is 0 Å². The van der Waals surface area contributed by atoms with Gasteiger partial charge in [-0.25, -0.2) is 0 Å². The maximum atomic E-state index is 9.11. The lowest BCUT2D eigenvalue weighted by Gasteiger charge is -2.27. The van der Waals surface area contributed by atoms with Gasteiger partial charge in [0.25, 0.3) is 0 Å². The first-order chi connectivity index (χ1) is 5.72. The first-order valence-electron chi connectivity index (χ1n) is 4.32. The van der Waals surface area contributed by atoms with Crippen molar-refractivity contribution >= 4 is 5.71 Å². The molecule has 1 fully saturated rings. The topological polar surface area (TPSA) is 56.1 Å². The number of likely N-dealkylation sites (tertiary alicyclic amines) is 1. The van der Waals surface area contributed by atoms with Gasteiger partial charge in [-0.3, -0.25) is 0 Å². The Bertz CT molecular complexity index is 158. The van der Waals surface area contributed by atoms with Crippen molar-refractivity contribution in [3.63, 3.8) is 0 Å². The molecule has 1 heterocycles. The fraction of sp³-hybridized carbons (Fsp3) is 0.875. The van der Waals surface area contributed by atoms with Gasteiger partial charge in [0, 0.05) is 32.5 Å². The van der Waals surface area contributed by atoms with Gasteiger partial charge in [0.1, 0.15) is 0 Å². The van der Waals surface area contributed by atoms with Crippen LogP contribution in [0.25, 0.3) is 0 Å². The van der Waals surface area contributed by atoms with Gasteiger partial charge >= 0.3 is 0 Å². The third-order valence-corrected chi connectivity index (χ3v) is 2.10. The average molecular weight is 172 g/mol. The highest BCUT2D eigenvalue weighted by atomic mass is 16.4. The molecule has 0 aromatic heterocycles. The van der Waals surface area contributed by atoms with E-state index < -0.39 is 0 Å². The first kappa shape index (κ1) is 9.48. The zero-order valence-electron chi connectivity index (χ0n) is 7.40. The van der Waals surface area contributed by atoms with Crippen LogP contribution in [0.15, 0.2) is 5.16 Å². The van der Waals surface area contributed by atoms with Crippen LogP contribution < -0.4 is 0 Å². The van der Waals surface area contributed by atoms with E-state index in [1.54, 1.807) is 6.92 Å². The number of β-amino-alcohol motifs (C(OH)–C–C–N with tert-alkyl or cyclic N) is 1. The predicted molar refractivity (Wildman–Crippen MR) is 46.6 cm³/mol. The predicted octanol–water partition coefficient (Wildman–Crippen LogP) is 0.293. The van der Waals surface area contributed by atoms with Gasteiger partial charge in [-0.2, -0.15) is 0 Å². The molecule has 1 atom stereocenters. The smallest absolute Gasteiger partial charge is 0.0639 e. The van der Waals surface area contributed by atoms with Crippen molar-refractivity contribution in [1.29, 1.82) is 0 Å². The molecule has 4 heteroatoms. The lowest BCUT2D eigenvalue weighted by molar-refractivity contribution is 0.125. The molecular formula is C8H16N2O2. The second-order valence-electron chi connectivity index (χ2n) is 3.32. The van der Waals surface area contributed by atoms with E-state index in [1.807, 2.05) is 0 Å². The van der Waals surface area contributed by atoms with E-state index in [0.717, 1.165) is 38.2 Å². The molecule has 1 unspecified atom stereocenters. The number of nitrogens with zero attached hydrogens (tertiary/aromatic N) is 2. The Balaban J connectivity index is 2.26. The van der Waals surface area contributed by atoms with E-state index >= 15 is 0 Å². The number of piperidine rings is 1. The third-order valence-electron chi connectivity index (χ3n) is 2.10. The molecule has 0 saturated carbocycles. The lowest BCUT2D eigenvalue weighted by atomic mass is 10.1. The van der Waals surface area contributed by atoms with Crippen molar-refractivity contribution in [3.05, 3.63) is 0 Å². The van der Waals surface area contributed by atoms with Crippen LogP contribution in [-0.4, -0.2) is 46.7 Å². The van der Waals surface area contributed by atoms with Crippen LogP contribution in [0.1, 0.15) is 19.8 Å². The van der Waals surface area contributed by atoms with Gasteiger partial charge in [-0.05, 0) is 6.92 Å². The molecule has 0 bridgehead atoms. The Hall–Kier alpha value is -0.610. The van der Waals surface area contributed by atoms with Gasteiger partial charge in [-0.1, -0.05) is 5.16 Å². The summed E-state index contributed by atoms with van der Waals surface area (Å²) in [5.74, 6) is 0. The summed E-state index contributed by atoms with van der Waals surface area (Å²) in [5.41, 5.74) is 0.872. The highest BCUT2D eigenvalue weighted by molar-refractivity contribution is 5.84. The number of hydrogen-bond donors (Lipinski definition) is 2. The van der Waals surface area contributed by atoms with Crippen LogP contribution in [0.4, 0.5) is 0 Å². The molecule has 1 aliphatic rings. The van der Waals surface area contributed by atoms with E-state index in [2.05, 4.69) is 10.1 Å². The number of oxime groups is 1. The molecule has 0 amide bonds. The van der Waals surface area contributed by atoms with Crippen LogP contribution in [-0.2, 0) is 0 Å². The van der Waals surface area contributed by atoms with Gasteiger partial charge < -0.3 is 15.2 Å². The summed E-state index contributed by atoms with van der Waals surface area (Å²) < 4.78 is 0. The minimum atomic E-state index is -0.266. The summed E-state index contributed by atoms with van der Waals surface area (Å²) in [4.78, 5) is 2.18. The van der Waals surface area contributed by atoms with E-state index in [4.69, 9.17) is 10.3 Å². The third kappa shape index (κ3) is 2.79. The Labute approximate surface area is 72.5 Å². The van der Waals surface area contributed by atoms with Gasteiger partial charge in [0.2, 0.25) is 0 Å². The SMILES string of the molecule is CC(O)CN1CCC(=NO)CC1. The number of rotatable bonds is 2. The molecule has 0 aliphatic carbocycles. The molecule has 4 nitrogen and oxygen atoms in total. The normalized spacial score (nSPS) is 22.3. The second-order valence-corrected chi connectivity index (χ2v) is 3.32. The van der Waals surface area contributed by atoms with E-state index in [9.17, 15) is 0 Å². The number of hydrogen-bond acceptors (Lipinski definition) is 4. The minimum Gasteiger partial charge on any atom is -0.411 e. The van der Waals surface area contributed by atoms with Crippen molar-refractivity contribution in [1.82, 2.24) is 4.90 Å². The lowest BCUT2D eigenvalue weighted by Crippen LogP contribution is -2.38. The van der Waals surface area contributed by atoms with Crippen molar-refractivity contribution in [3.8, 4) is 0 Å². The Kier molecular flexibility index (Phi) is 3.49. The van der Waals surface area contributed by atoms with Crippen LogP contribution >= 0.6 is 0 Å². The van der Waals surface area contributed by atoms with Gasteiger partial charge in [-0.15, -0.1) is 0 Å². The van der Waals surface area contributed by atoms with Crippen LogP contribution in [0.2, 0.25) is 0 Å². The molecule has 1 saturated heterocycles. The molecule has 12 heavy (non-hydrogen) atoms. The molecule has 0 radical (unpaired) electrons. The maximum absolute atomic E-state index is 9.11. The molecule has 2 N–H and O–H groups in total. The van der Waals surface area contributed by atoms with Gasteiger partial charge in [0.05, 0.1) is 11.8 Å². The molecule has 0 aromatic carbocycles.